The van der Waals surface area contributed by atoms with Crippen molar-refractivity contribution in [2.75, 3.05) is 18.4 Å². The quantitative estimate of drug-likeness (QED) is 0.158. The van der Waals surface area contributed by atoms with E-state index in [-0.39, 0.29) is 33.3 Å². The summed E-state index contributed by atoms with van der Waals surface area (Å²) in [7, 11) is 0. The number of rotatable bonds is 9. The molecule has 42 heavy (non-hydrogen) atoms. The maximum atomic E-state index is 13.3. The molecule has 1 aliphatic heterocycles. The van der Waals surface area contributed by atoms with Crippen molar-refractivity contribution in [3.63, 3.8) is 0 Å². The Bertz CT molecular complexity index is 1610. The van der Waals surface area contributed by atoms with Gasteiger partial charge in [0.15, 0.2) is 0 Å². The van der Waals surface area contributed by atoms with Gasteiger partial charge in [-0.3, -0.25) is 0 Å². The van der Waals surface area contributed by atoms with Crippen LogP contribution in [0.3, 0.4) is 0 Å². The van der Waals surface area contributed by atoms with E-state index in [2.05, 4.69) is 51.0 Å². The molecule has 9 nitrogen and oxygen atoms in total. The van der Waals surface area contributed by atoms with Gasteiger partial charge >= 0.3 is 221 Å². The van der Waals surface area contributed by atoms with Gasteiger partial charge in [0, 0.05) is 0 Å². The molecule has 4 heterocycles. The van der Waals surface area contributed by atoms with Crippen LogP contribution < -0.4 is 32.1 Å². The molecule has 0 unspecified atom stereocenters. The number of anilines is 2. The summed E-state index contributed by atoms with van der Waals surface area (Å²) in [4.78, 5) is 29.8. The molecule has 0 atom stereocenters. The second kappa shape index (κ2) is 12.3. The van der Waals surface area contributed by atoms with Crippen LogP contribution in [0.2, 0.25) is 0 Å². The first-order chi connectivity index (χ1) is 20.3. The molecule has 2 fully saturated rings. The number of nitrogens with zero attached hydrogens (tertiary/aromatic N) is 6. The number of pyridine rings is 1. The van der Waals surface area contributed by atoms with Crippen LogP contribution in [0.4, 0.5) is 11.6 Å². The molecule has 3 aromatic heterocycles. The van der Waals surface area contributed by atoms with Gasteiger partial charge in [-0.2, -0.15) is 0 Å². The Balaban J connectivity index is 1.20. The first kappa shape index (κ1) is 29.0. The number of nitrogens with one attached hydrogen (secondary N) is 1. The van der Waals surface area contributed by atoms with E-state index in [1.807, 2.05) is 6.07 Å². The van der Waals surface area contributed by atoms with Gasteiger partial charge in [0.1, 0.15) is 5.60 Å². The zero-order valence-electron chi connectivity index (χ0n) is 24.3. The van der Waals surface area contributed by atoms with E-state index in [0.29, 0.717) is 28.5 Å². The summed E-state index contributed by atoms with van der Waals surface area (Å²) in [6.45, 7) is 10.1. The fourth-order valence-electron chi connectivity index (χ4n) is 6.02. The van der Waals surface area contributed by atoms with Crippen molar-refractivity contribution < 1.29 is 26.3 Å². The van der Waals surface area contributed by atoms with Gasteiger partial charge in [-0.05, 0) is 19.9 Å². The average Bonchev–Trinajstić information content (AvgIpc) is 3.62. The molecule has 1 saturated heterocycles. The Morgan fingerprint density at radius 3 is 2.50 bits per heavy atom. The summed E-state index contributed by atoms with van der Waals surface area (Å²) in [5.41, 5.74) is 0.475. The van der Waals surface area contributed by atoms with Gasteiger partial charge < -0.3 is 5.11 Å². The molecule has 0 radical (unpaired) electrons. The third kappa shape index (κ3) is 6.16. The number of likely N-dealkylation sites (tertiary alicyclic amines) is 1. The van der Waals surface area contributed by atoms with Crippen LogP contribution in [-0.4, -0.2) is 57.4 Å². The second-order valence-electron chi connectivity index (χ2n) is 11.7. The molecule has 1 aromatic carbocycles. The molecule has 2 aliphatic rings. The van der Waals surface area contributed by atoms with Crippen molar-refractivity contribution in [2.45, 2.75) is 74.5 Å². The number of alkyl halides is 1. The molecular weight excluding hydrogens is 641 g/mol. The second-order valence-corrected chi connectivity index (χ2v) is 15.4. The van der Waals surface area contributed by atoms with Crippen molar-refractivity contribution in [2.24, 2.45) is 0 Å². The Morgan fingerprint density at radius 1 is 1.07 bits per heavy atom. The summed E-state index contributed by atoms with van der Waals surface area (Å²) in [5, 5.41) is 14.2. The van der Waals surface area contributed by atoms with Gasteiger partial charge in [-0.1, -0.05) is 0 Å². The van der Waals surface area contributed by atoms with Crippen LogP contribution in [0.5, 0.6) is 0 Å². The molecule has 1 aliphatic carbocycles. The summed E-state index contributed by atoms with van der Waals surface area (Å²) in [6.07, 6.45) is 11.4. The van der Waals surface area contributed by atoms with E-state index >= 15 is 0 Å². The third-order valence-electron chi connectivity index (χ3n) is 8.22. The van der Waals surface area contributed by atoms with Crippen molar-refractivity contribution in [3.05, 3.63) is 80.9 Å². The van der Waals surface area contributed by atoms with Crippen LogP contribution in [0.25, 0.3) is 16.9 Å². The number of hydrogen-bond acceptors (Lipinski definition) is 7. The SMILES string of the molecule is C=CCn1c(=O)c2cnc(Nc3ccc([I-]C4CCC(N5CCCC5)CC4)cc3)nc2n1-c1cccc(C(C)(C)O)n1. The maximum absolute atomic E-state index is 13.3. The van der Waals surface area contributed by atoms with Crippen LogP contribution >= 0.6 is 0 Å². The number of aromatic nitrogens is 5. The molecular formula is C32H39IN7O2-. The molecule has 6 rings (SSSR count). The van der Waals surface area contributed by atoms with Gasteiger partial charge in [-0.15, -0.1) is 6.58 Å². The van der Waals surface area contributed by atoms with Gasteiger partial charge in [0.2, 0.25) is 0 Å². The number of aliphatic hydroxyl groups is 1. The van der Waals surface area contributed by atoms with E-state index in [9.17, 15) is 9.90 Å². The number of fused-ring (bicyclic) bond motifs is 1. The summed E-state index contributed by atoms with van der Waals surface area (Å²) < 4.78 is 5.54. The van der Waals surface area contributed by atoms with Crippen molar-refractivity contribution in [3.8, 4) is 5.82 Å². The number of benzene rings is 1. The summed E-state index contributed by atoms with van der Waals surface area (Å²) in [5.74, 6) is 0.879. The Hall–Kier alpha value is -3.09. The molecule has 222 valence electrons. The average molecular weight is 681 g/mol. The Labute approximate surface area is 256 Å². The molecule has 4 aromatic rings. The molecule has 10 heteroatoms. The van der Waals surface area contributed by atoms with Crippen molar-refractivity contribution in [1.82, 2.24) is 29.2 Å². The molecule has 0 amide bonds. The standard InChI is InChI=1S/C32H39IN7O2/c1-4-18-39-30(41)26-21-34-31(37-29(26)40(39)28-9-7-8-27(36-28)32(2,3)42)35-24-14-10-22(11-15-24)33-23-12-16-25(17-13-23)38-19-5-6-20-38/h4,7-11,14-15,21,23,25,42H,1,5-6,12-13,16-20H2,2-3H3,(H,34,35,37)/q-1. The van der Waals surface area contributed by atoms with Crippen LogP contribution in [0.15, 0.2) is 66.1 Å². The van der Waals surface area contributed by atoms with E-state index < -0.39 is 5.60 Å². The molecule has 1 saturated carbocycles. The summed E-state index contributed by atoms with van der Waals surface area (Å²) >= 11 is -0.0225. The molecule has 2 N–H and O–H groups in total. The minimum atomic E-state index is -1.13. The predicted octanol–water partition coefficient (Wildman–Crippen LogP) is 1.80. The monoisotopic (exact) mass is 680 g/mol. The number of hydrogen-bond donors (Lipinski definition) is 2. The molecule has 0 bridgehead atoms. The topological polar surface area (TPSA) is 101 Å². The summed E-state index contributed by atoms with van der Waals surface area (Å²) in [6, 6.07) is 14.9. The first-order valence-corrected chi connectivity index (χ1v) is 17.2. The zero-order chi connectivity index (χ0) is 29.3. The van der Waals surface area contributed by atoms with Gasteiger partial charge in [0.25, 0.3) is 0 Å². The van der Waals surface area contributed by atoms with E-state index in [0.717, 1.165) is 15.7 Å². The fraction of sp³-hybridized carbons (Fsp3) is 0.438. The van der Waals surface area contributed by atoms with Crippen LogP contribution in [0, 0.1) is 3.57 Å². The Kier molecular flexibility index (Phi) is 8.46. The van der Waals surface area contributed by atoms with Crippen molar-refractivity contribution >= 4 is 22.7 Å². The van der Waals surface area contributed by atoms with Gasteiger partial charge in [-0.25, -0.2) is 0 Å². The van der Waals surface area contributed by atoms with Crippen LogP contribution in [0.1, 0.15) is 58.1 Å². The Morgan fingerprint density at radius 2 is 1.81 bits per heavy atom. The number of allylic oxidation sites excluding steroid dienone is 1. The van der Waals surface area contributed by atoms with Gasteiger partial charge in [0.05, 0.1) is 0 Å². The van der Waals surface area contributed by atoms with Crippen LogP contribution in [-0.2, 0) is 12.1 Å². The third-order valence-corrected chi connectivity index (χ3v) is 11.8. The fourth-order valence-corrected chi connectivity index (χ4v) is 9.15. The predicted molar refractivity (Wildman–Crippen MR) is 162 cm³/mol. The van der Waals surface area contributed by atoms with Crippen molar-refractivity contribution in [1.29, 1.82) is 0 Å². The van der Waals surface area contributed by atoms with E-state index in [1.54, 1.807) is 42.9 Å². The zero-order valence-corrected chi connectivity index (χ0v) is 26.5. The first-order valence-electron chi connectivity index (χ1n) is 14.8. The van der Waals surface area contributed by atoms with E-state index in [4.69, 9.17) is 4.98 Å². The van der Waals surface area contributed by atoms with E-state index in [1.165, 1.54) is 59.9 Å². The molecule has 0 spiro atoms. The normalized spacial score (nSPS) is 19.9. The number of halogens is 1. The minimum absolute atomic E-state index is 0.0225.